The molecule has 6 heteroatoms. The van der Waals surface area contributed by atoms with Crippen LogP contribution in [-0.4, -0.2) is 35.1 Å². The second kappa shape index (κ2) is 7.00. The van der Waals surface area contributed by atoms with Crippen molar-refractivity contribution in [3.8, 4) is 22.9 Å². The number of aromatic carboxylic acids is 1. The third-order valence-corrected chi connectivity index (χ3v) is 3.48. The smallest absolute Gasteiger partial charge is 0.354 e. The second-order valence-electron chi connectivity index (χ2n) is 5.57. The van der Waals surface area contributed by atoms with Crippen molar-refractivity contribution >= 4 is 11.8 Å². The highest BCUT2D eigenvalue weighted by atomic mass is 16.5. The average molecular weight is 335 g/mol. The van der Waals surface area contributed by atoms with E-state index in [-0.39, 0.29) is 5.69 Å². The Morgan fingerprint density at radius 2 is 1.60 bits per heavy atom. The normalized spacial score (nSPS) is 10.3. The Labute approximate surface area is 145 Å². The van der Waals surface area contributed by atoms with Gasteiger partial charge in [0.05, 0.1) is 0 Å². The van der Waals surface area contributed by atoms with Gasteiger partial charge < -0.3 is 14.7 Å². The number of hydrogen-bond donors (Lipinski definition) is 1. The maximum atomic E-state index is 11.3. The van der Waals surface area contributed by atoms with Gasteiger partial charge in [-0.2, -0.15) is 0 Å². The fourth-order valence-corrected chi connectivity index (χ4v) is 2.20. The minimum absolute atomic E-state index is 0.0432. The van der Waals surface area contributed by atoms with Crippen molar-refractivity contribution in [3.05, 3.63) is 66.4 Å². The van der Waals surface area contributed by atoms with Crippen molar-refractivity contribution in [3.63, 3.8) is 0 Å². The summed E-state index contributed by atoms with van der Waals surface area (Å²) in [5.41, 5.74) is 0.671. The van der Waals surface area contributed by atoms with E-state index in [9.17, 15) is 9.90 Å². The Bertz CT molecular complexity index is 878. The quantitative estimate of drug-likeness (QED) is 0.766. The molecule has 0 spiro atoms. The van der Waals surface area contributed by atoms with Gasteiger partial charge >= 0.3 is 5.97 Å². The molecule has 3 aromatic rings. The summed E-state index contributed by atoms with van der Waals surface area (Å²) in [7, 11) is 3.60. The molecule has 0 radical (unpaired) electrons. The number of carbonyl (C=O) groups is 1. The number of ether oxygens (including phenoxy) is 1. The number of rotatable bonds is 5. The minimum Gasteiger partial charge on any atom is -0.477 e. The Morgan fingerprint density at radius 1 is 0.960 bits per heavy atom. The van der Waals surface area contributed by atoms with Crippen molar-refractivity contribution in [1.29, 1.82) is 0 Å². The van der Waals surface area contributed by atoms with E-state index in [2.05, 4.69) is 9.97 Å². The van der Waals surface area contributed by atoms with E-state index in [1.165, 1.54) is 6.07 Å². The van der Waals surface area contributed by atoms with Crippen molar-refractivity contribution < 1.29 is 14.6 Å². The summed E-state index contributed by atoms with van der Waals surface area (Å²) >= 11 is 0. The first-order valence-corrected chi connectivity index (χ1v) is 7.66. The van der Waals surface area contributed by atoms with Gasteiger partial charge in [-0.15, -0.1) is 0 Å². The average Bonchev–Trinajstić information content (AvgIpc) is 2.62. The Balaban J connectivity index is 1.90. The molecule has 0 unspecified atom stereocenters. The van der Waals surface area contributed by atoms with Gasteiger partial charge in [-0.25, -0.2) is 14.8 Å². The largest absolute Gasteiger partial charge is 0.477 e. The first kappa shape index (κ1) is 16.4. The van der Waals surface area contributed by atoms with Gasteiger partial charge in [0.2, 0.25) is 0 Å². The van der Waals surface area contributed by atoms with E-state index in [1.807, 2.05) is 30.3 Å². The lowest BCUT2D eigenvalue weighted by molar-refractivity contribution is 0.0690. The molecule has 0 fully saturated rings. The van der Waals surface area contributed by atoms with E-state index in [1.54, 1.807) is 43.3 Å². The monoisotopic (exact) mass is 335 g/mol. The molecule has 6 nitrogen and oxygen atoms in total. The van der Waals surface area contributed by atoms with Crippen LogP contribution in [0.2, 0.25) is 0 Å². The van der Waals surface area contributed by atoms with Crippen molar-refractivity contribution in [2.75, 3.05) is 19.0 Å². The minimum atomic E-state index is -1.09. The molecule has 0 saturated carbocycles. The highest BCUT2D eigenvalue weighted by Gasteiger charge is 2.13. The Kier molecular flexibility index (Phi) is 4.61. The van der Waals surface area contributed by atoms with Crippen LogP contribution >= 0.6 is 0 Å². The number of carboxylic acids is 1. The fraction of sp³-hybridized carbons (Fsp3) is 0.105. The van der Waals surface area contributed by atoms with Crippen molar-refractivity contribution in [2.24, 2.45) is 0 Å². The predicted molar refractivity (Wildman–Crippen MR) is 95.3 cm³/mol. The summed E-state index contributed by atoms with van der Waals surface area (Å²) in [6.45, 7) is 0. The summed E-state index contributed by atoms with van der Waals surface area (Å²) < 4.78 is 5.75. The molecule has 0 amide bonds. The van der Waals surface area contributed by atoms with E-state index in [0.29, 0.717) is 23.0 Å². The maximum Gasteiger partial charge on any atom is 0.354 e. The third kappa shape index (κ3) is 3.92. The molecule has 0 atom stereocenters. The third-order valence-electron chi connectivity index (χ3n) is 3.48. The molecule has 0 saturated heterocycles. The number of para-hydroxylation sites is 1. The zero-order chi connectivity index (χ0) is 17.8. The SMILES string of the molecule is CN(C)c1cc(C(=O)O)nc(-c2ccc(Oc3ccccc3)cc2)n1. The highest BCUT2D eigenvalue weighted by Crippen LogP contribution is 2.25. The van der Waals surface area contributed by atoms with Crippen molar-refractivity contribution in [1.82, 2.24) is 9.97 Å². The number of benzene rings is 2. The molecule has 0 aliphatic rings. The maximum absolute atomic E-state index is 11.3. The zero-order valence-electron chi connectivity index (χ0n) is 13.9. The molecular weight excluding hydrogens is 318 g/mol. The first-order valence-electron chi connectivity index (χ1n) is 7.66. The van der Waals surface area contributed by atoms with Gasteiger partial charge in [0.25, 0.3) is 0 Å². The summed E-state index contributed by atoms with van der Waals surface area (Å²) in [6, 6.07) is 18.1. The van der Waals surface area contributed by atoms with E-state index >= 15 is 0 Å². The number of nitrogens with zero attached hydrogens (tertiary/aromatic N) is 3. The summed E-state index contributed by atoms with van der Waals surface area (Å²) in [4.78, 5) is 21.6. The van der Waals surface area contributed by atoms with Gasteiger partial charge in [0, 0.05) is 25.7 Å². The standard InChI is InChI=1S/C19H17N3O3/c1-22(2)17-12-16(19(23)24)20-18(21-17)13-8-10-15(11-9-13)25-14-6-4-3-5-7-14/h3-12H,1-2H3,(H,23,24). The second-order valence-corrected chi connectivity index (χ2v) is 5.57. The van der Waals surface area contributed by atoms with Crippen LogP contribution in [0.4, 0.5) is 5.82 Å². The van der Waals surface area contributed by atoms with Gasteiger partial charge in [0.15, 0.2) is 11.5 Å². The number of hydrogen-bond acceptors (Lipinski definition) is 5. The van der Waals surface area contributed by atoms with Crippen molar-refractivity contribution in [2.45, 2.75) is 0 Å². The van der Waals surface area contributed by atoms with Crippen LogP contribution in [0.25, 0.3) is 11.4 Å². The van der Waals surface area contributed by atoms with E-state index in [0.717, 1.165) is 5.75 Å². The molecule has 0 aliphatic heterocycles. The van der Waals surface area contributed by atoms with Crippen LogP contribution in [0.15, 0.2) is 60.7 Å². The van der Waals surface area contributed by atoms with Gasteiger partial charge in [-0.1, -0.05) is 18.2 Å². The Hall–Kier alpha value is -3.41. The number of anilines is 1. The summed E-state index contributed by atoms with van der Waals surface area (Å²) in [5.74, 6) is 1.23. The first-order chi connectivity index (χ1) is 12.0. The molecule has 1 aromatic heterocycles. The molecule has 1 heterocycles. The molecule has 1 N–H and O–H groups in total. The lowest BCUT2D eigenvalue weighted by atomic mass is 10.2. The lowest BCUT2D eigenvalue weighted by Crippen LogP contribution is -2.14. The lowest BCUT2D eigenvalue weighted by Gasteiger charge is -2.13. The number of aromatic nitrogens is 2. The zero-order valence-corrected chi connectivity index (χ0v) is 13.9. The molecular formula is C19H17N3O3. The van der Waals surface area contributed by atoms with Gasteiger partial charge in [-0.05, 0) is 36.4 Å². The topological polar surface area (TPSA) is 75.6 Å². The van der Waals surface area contributed by atoms with Crippen LogP contribution < -0.4 is 9.64 Å². The van der Waals surface area contributed by atoms with Crippen LogP contribution in [0.3, 0.4) is 0 Å². The van der Waals surface area contributed by atoms with Crippen LogP contribution in [0, 0.1) is 0 Å². The highest BCUT2D eigenvalue weighted by molar-refractivity contribution is 5.87. The van der Waals surface area contributed by atoms with E-state index < -0.39 is 5.97 Å². The summed E-state index contributed by atoms with van der Waals surface area (Å²) in [6.07, 6.45) is 0. The fourth-order valence-electron chi connectivity index (χ4n) is 2.20. The van der Waals surface area contributed by atoms with Gasteiger partial charge in [-0.3, -0.25) is 0 Å². The molecule has 0 bridgehead atoms. The number of carboxylic acid groups (broad SMARTS) is 1. The van der Waals surface area contributed by atoms with Gasteiger partial charge in [0.1, 0.15) is 17.3 Å². The molecule has 2 aromatic carbocycles. The molecule has 3 rings (SSSR count). The van der Waals surface area contributed by atoms with Crippen LogP contribution in [0.5, 0.6) is 11.5 Å². The van der Waals surface area contributed by atoms with E-state index in [4.69, 9.17) is 4.74 Å². The van der Waals surface area contributed by atoms with Crippen LogP contribution in [-0.2, 0) is 0 Å². The predicted octanol–water partition coefficient (Wildman–Crippen LogP) is 3.70. The Morgan fingerprint density at radius 3 is 2.20 bits per heavy atom. The molecule has 126 valence electrons. The van der Waals surface area contributed by atoms with Crippen LogP contribution in [0.1, 0.15) is 10.5 Å². The molecule has 0 aliphatic carbocycles. The molecule has 25 heavy (non-hydrogen) atoms. The summed E-state index contributed by atoms with van der Waals surface area (Å²) in [5, 5.41) is 9.24.